The van der Waals surface area contributed by atoms with Crippen LogP contribution in [0.3, 0.4) is 0 Å². The number of hydrogen-bond acceptors (Lipinski definition) is 2. The highest BCUT2D eigenvalue weighted by Crippen LogP contribution is 2.40. The molecule has 1 aromatic carbocycles. The van der Waals surface area contributed by atoms with Crippen LogP contribution in [0, 0.1) is 11.8 Å². The Kier molecular flexibility index (Phi) is 7.15. The molecule has 1 aromatic rings. The summed E-state index contributed by atoms with van der Waals surface area (Å²) in [5, 5.41) is 0. The van der Waals surface area contributed by atoms with Gasteiger partial charge in [-0.1, -0.05) is 37.6 Å². The summed E-state index contributed by atoms with van der Waals surface area (Å²) in [5.41, 5.74) is 2.12. The molecule has 2 aliphatic rings. The number of ether oxygens (including phenoxy) is 2. The molecule has 6 heteroatoms. The Labute approximate surface area is 163 Å². The smallest absolute Gasteiger partial charge is 0.348 e. The summed E-state index contributed by atoms with van der Waals surface area (Å²) < 4.78 is 62.4. The summed E-state index contributed by atoms with van der Waals surface area (Å²) in [6.45, 7) is 3.57. The predicted octanol–water partition coefficient (Wildman–Crippen LogP) is 6.84. The Balaban J connectivity index is 1.52. The van der Waals surface area contributed by atoms with Crippen LogP contribution in [0.25, 0.3) is 0 Å². The van der Waals surface area contributed by atoms with Crippen LogP contribution in [0.4, 0.5) is 17.6 Å². The fraction of sp³-hybridized carbons (Fsp3) is 0.636. The minimum Gasteiger partial charge on any atom is -0.348 e. The van der Waals surface area contributed by atoms with Gasteiger partial charge >= 0.3 is 6.18 Å². The first-order valence-electron chi connectivity index (χ1n) is 10.1. The standard InChI is InChI=1S/C22H28F4O2/c1-2-3-15-13-27-21(28-14-15)19-10-6-17(7-11-19)16-4-8-18(9-5-16)20(23)12-22(24,25)26/h6-7,10-12,15-16,18,21H,2-5,8-9,13-14H2,1H3/b20-12-. The van der Waals surface area contributed by atoms with Crippen molar-refractivity contribution in [2.45, 2.75) is 63.8 Å². The van der Waals surface area contributed by atoms with Crippen molar-refractivity contribution in [3.63, 3.8) is 0 Å². The summed E-state index contributed by atoms with van der Waals surface area (Å²) in [5.74, 6) is -0.930. The lowest BCUT2D eigenvalue weighted by molar-refractivity contribution is -0.206. The molecule has 0 aromatic heterocycles. The van der Waals surface area contributed by atoms with E-state index in [1.807, 2.05) is 24.3 Å². The Morgan fingerprint density at radius 3 is 2.11 bits per heavy atom. The minimum absolute atomic E-state index is 0.192. The van der Waals surface area contributed by atoms with Crippen molar-refractivity contribution in [3.8, 4) is 0 Å². The second-order valence-corrected chi connectivity index (χ2v) is 7.94. The maximum absolute atomic E-state index is 13.8. The first kappa shape index (κ1) is 21.3. The zero-order valence-corrected chi connectivity index (χ0v) is 16.2. The molecule has 3 rings (SSSR count). The molecule has 0 unspecified atom stereocenters. The average molecular weight is 400 g/mol. The van der Waals surface area contributed by atoms with Gasteiger partial charge in [0.1, 0.15) is 5.83 Å². The minimum atomic E-state index is -4.59. The molecule has 1 saturated carbocycles. The zero-order valence-electron chi connectivity index (χ0n) is 16.2. The summed E-state index contributed by atoms with van der Waals surface area (Å²) in [6.07, 6.45) is -0.617. The number of rotatable bonds is 5. The van der Waals surface area contributed by atoms with Crippen LogP contribution in [0.15, 0.2) is 36.2 Å². The van der Waals surface area contributed by atoms with Gasteiger partial charge < -0.3 is 9.47 Å². The molecule has 2 fully saturated rings. The fourth-order valence-corrected chi connectivity index (χ4v) is 4.21. The first-order valence-corrected chi connectivity index (χ1v) is 10.1. The number of halogens is 4. The van der Waals surface area contributed by atoms with Crippen molar-refractivity contribution in [2.75, 3.05) is 13.2 Å². The van der Waals surface area contributed by atoms with Gasteiger partial charge in [-0.05, 0) is 43.6 Å². The lowest BCUT2D eigenvalue weighted by Gasteiger charge is -2.30. The van der Waals surface area contributed by atoms with Gasteiger partial charge in [-0.15, -0.1) is 0 Å². The molecule has 1 aliphatic carbocycles. The van der Waals surface area contributed by atoms with E-state index >= 15 is 0 Å². The van der Waals surface area contributed by atoms with Crippen molar-refractivity contribution < 1.29 is 27.0 Å². The van der Waals surface area contributed by atoms with Crippen molar-refractivity contribution in [2.24, 2.45) is 11.8 Å². The normalized spacial score (nSPS) is 29.7. The SMILES string of the molecule is CCCC1COC(c2ccc(C3CCC(/C(F)=C/C(F)(F)F)CC3)cc2)OC1. The number of allylic oxidation sites excluding steroid dienone is 2. The summed E-state index contributed by atoms with van der Waals surface area (Å²) in [7, 11) is 0. The van der Waals surface area contributed by atoms with Crippen LogP contribution in [0.2, 0.25) is 0 Å². The Morgan fingerprint density at radius 1 is 1.00 bits per heavy atom. The monoisotopic (exact) mass is 400 g/mol. The average Bonchev–Trinajstić information content (AvgIpc) is 2.68. The van der Waals surface area contributed by atoms with Gasteiger partial charge in [0, 0.05) is 17.4 Å². The summed E-state index contributed by atoms with van der Waals surface area (Å²) >= 11 is 0. The predicted molar refractivity (Wildman–Crippen MR) is 99.4 cm³/mol. The maximum atomic E-state index is 13.8. The van der Waals surface area contributed by atoms with Gasteiger partial charge in [0.2, 0.25) is 0 Å². The van der Waals surface area contributed by atoms with Crippen LogP contribution in [0.1, 0.15) is 68.8 Å². The van der Waals surface area contributed by atoms with Crippen molar-refractivity contribution >= 4 is 0 Å². The first-order chi connectivity index (χ1) is 13.4. The van der Waals surface area contributed by atoms with Crippen molar-refractivity contribution in [1.82, 2.24) is 0 Å². The quantitative estimate of drug-likeness (QED) is 0.504. The fourth-order valence-electron chi connectivity index (χ4n) is 4.21. The molecule has 0 atom stereocenters. The van der Waals surface area contributed by atoms with Gasteiger partial charge in [-0.2, -0.15) is 13.2 Å². The molecule has 28 heavy (non-hydrogen) atoms. The molecule has 0 amide bonds. The van der Waals surface area contributed by atoms with E-state index in [1.165, 1.54) is 0 Å². The van der Waals surface area contributed by atoms with Crippen LogP contribution in [-0.2, 0) is 9.47 Å². The topological polar surface area (TPSA) is 18.5 Å². The van der Waals surface area contributed by atoms with E-state index in [2.05, 4.69) is 6.92 Å². The van der Waals surface area contributed by atoms with E-state index in [-0.39, 0.29) is 18.3 Å². The van der Waals surface area contributed by atoms with E-state index in [0.29, 0.717) is 44.8 Å². The summed E-state index contributed by atoms with van der Waals surface area (Å²) in [4.78, 5) is 0. The van der Waals surface area contributed by atoms with Crippen molar-refractivity contribution in [1.29, 1.82) is 0 Å². The number of hydrogen-bond donors (Lipinski definition) is 0. The molecule has 1 aliphatic heterocycles. The third-order valence-corrected chi connectivity index (χ3v) is 5.76. The molecule has 0 N–H and O–H groups in total. The molecule has 0 radical (unpaired) electrons. The molecular weight excluding hydrogens is 372 g/mol. The second kappa shape index (κ2) is 9.40. The molecule has 1 heterocycles. The second-order valence-electron chi connectivity index (χ2n) is 7.94. The molecule has 156 valence electrons. The highest BCUT2D eigenvalue weighted by Gasteiger charge is 2.31. The molecule has 0 spiro atoms. The zero-order chi connectivity index (χ0) is 20.1. The Morgan fingerprint density at radius 2 is 1.57 bits per heavy atom. The van der Waals surface area contributed by atoms with E-state index in [4.69, 9.17) is 9.47 Å². The Hall–Kier alpha value is -1.40. The lowest BCUT2D eigenvalue weighted by atomic mass is 9.78. The van der Waals surface area contributed by atoms with E-state index in [9.17, 15) is 17.6 Å². The number of alkyl halides is 3. The van der Waals surface area contributed by atoms with Crippen LogP contribution >= 0.6 is 0 Å². The number of benzene rings is 1. The Bertz CT molecular complexity index is 637. The van der Waals surface area contributed by atoms with Gasteiger partial charge in [-0.3, -0.25) is 0 Å². The van der Waals surface area contributed by atoms with Gasteiger partial charge in [0.05, 0.1) is 19.3 Å². The highest BCUT2D eigenvalue weighted by atomic mass is 19.4. The molecule has 1 saturated heterocycles. The van der Waals surface area contributed by atoms with Crippen LogP contribution in [-0.4, -0.2) is 19.4 Å². The highest BCUT2D eigenvalue weighted by molar-refractivity contribution is 5.27. The van der Waals surface area contributed by atoms with Gasteiger partial charge in [-0.25, -0.2) is 4.39 Å². The van der Waals surface area contributed by atoms with Gasteiger partial charge in [0.15, 0.2) is 6.29 Å². The third kappa shape index (κ3) is 5.80. The van der Waals surface area contributed by atoms with Gasteiger partial charge in [0.25, 0.3) is 0 Å². The van der Waals surface area contributed by atoms with Crippen LogP contribution < -0.4 is 0 Å². The lowest BCUT2D eigenvalue weighted by Crippen LogP contribution is -2.27. The largest absolute Gasteiger partial charge is 0.412 e. The van der Waals surface area contributed by atoms with E-state index in [0.717, 1.165) is 24.0 Å². The molecule has 2 nitrogen and oxygen atoms in total. The molecule has 0 bridgehead atoms. The van der Waals surface area contributed by atoms with Crippen molar-refractivity contribution in [3.05, 3.63) is 47.3 Å². The third-order valence-electron chi connectivity index (χ3n) is 5.76. The van der Waals surface area contributed by atoms with E-state index in [1.54, 1.807) is 0 Å². The summed E-state index contributed by atoms with van der Waals surface area (Å²) in [6, 6.07) is 8.06. The maximum Gasteiger partial charge on any atom is 0.412 e. The van der Waals surface area contributed by atoms with E-state index < -0.39 is 17.9 Å². The molecular formula is C22H28F4O2. The van der Waals surface area contributed by atoms with Crippen LogP contribution in [0.5, 0.6) is 0 Å².